The van der Waals surface area contributed by atoms with E-state index < -0.39 is 5.41 Å². The molecular formula is C46H61N3O5. The fourth-order valence-electron chi connectivity index (χ4n) is 7.16. The first-order valence-corrected chi connectivity index (χ1v) is 20.4. The predicted octanol–water partition coefficient (Wildman–Crippen LogP) is 12.0. The largest absolute Gasteiger partial charge is 0.493 e. The van der Waals surface area contributed by atoms with Crippen molar-refractivity contribution < 1.29 is 23.8 Å². The number of ether oxygens (including phenoxy) is 3. The van der Waals surface area contributed by atoms with Gasteiger partial charge in [0.15, 0.2) is 11.5 Å². The van der Waals surface area contributed by atoms with Crippen molar-refractivity contribution in [2.24, 2.45) is 5.41 Å². The standard InChI is InChI=1S/C46H61N3O5/c1-5-6-7-8-9-10-11-12-13-14-15-16-17-18-19-32-49(45(51)46(29-30-46)44(50)48-36-22-20-35(2)21-23-36)37-24-26-38(27-25-37)54-41-28-31-47-40-34-43(53-4)42(52-3)33-39(40)41/h20-28,31,33-34H,5-19,29-30,32H2,1-4H3,(H,48,50). The van der Waals surface area contributed by atoms with Gasteiger partial charge in [0.05, 0.1) is 19.7 Å². The first kappa shape index (κ1) is 40.6. The lowest BCUT2D eigenvalue weighted by Gasteiger charge is -2.27. The number of nitrogens with zero attached hydrogens (tertiary/aromatic N) is 2. The molecule has 0 spiro atoms. The summed E-state index contributed by atoms with van der Waals surface area (Å²) in [5.41, 5.74) is 2.26. The number of fused-ring (bicyclic) bond motifs is 1. The normalized spacial score (nSPS) is 13.0. The molecule has 1 aliphatic rings. The number of methoxy groups -OCH3 is 2. The summed E-state index contributed by atoms with van der Waals surface area (Å²) in [6.45, 7) is 4.85. The Hall–Kier alpha value is -4.59. The third-order valence-corrected chi connectivity index (χ3v) is 10.7. The SMILES string of the molecule is CCCCCCCCCCCCCCCCCN(C(=O)C1(C(=O)Nc2ccc(C)cc2)CC1)c1ccc(Oc2ccnc3cc(OC)c(OC)cc23)cc1. The third kappa shape index (κ3) is 11.2. The van der Waals surface area contributed by atoms with Crippen molar-refractivity contribution in [2.45, 2.75) is 123 Å². The molecule has 4 aromatic rings. The van der Waals surface area contributed by atoms with Crippen molar-refractivity contribution in [3.05, 3.63) is 78.5 Å². The molecule has 0 aliphatic heterocycles. The predicted molar refractivity (Wildman–Crippen MR) is 220 cm³/mol. The summed E-state index contributed by atoms with van der Waals surface area (Å²) in [5.74, 6) is 2.08. The molecule has 8 nitrogen and oxygen atoms in total. The van der Waals surface area contributed by atoms with Crippen LogP contribution in [0.3, 0.4) is 0 Å². The summed E-state index contributed by atoms with van der Waals surface area (Å²) in [4.78, 5) is 34.3. The van der Waals surface area contributed by atoms with Crippen LogP contribution in [0.1, 0.15) is 122 Å². The molecule has 0 saturated heterocycles. The zero-order valence-corrected chi connectivity index (χ0v) is 33.1. The molecule has 1 saturated carbocycles. The van der Waals surface area contributed by atoms with Crippen LogP contribution in [-0.2, 0) is 9.59 Å². The van der Waals surface area contributed by atoms with Crippen molar-refractivity contribution >= 4 is 34.1 Å². The van der Waals surface area contributed by atoms with Gasteiger partial charge in [-0.15, -0.1) is 0 Å². The highest BCUT2D eigenvalue weighted by atomic mass is 16.5. The van der Waals surface area contributed by atoms with Crippen LogP contribution < -0.4 is 24.4 Å². The Balaban J connectivity index is 1.19. The number of anilines is 2. The molecule has 1 aromatic heterocycles. The molecule has 0 atom stereocenters. The summed E-state index contributed by atoms with van der Waals surface area (Å²) in [5, 5.41) is 3.81. The van der Waals surface area contributed by atoms with Gasteiger partial charge in [0.1, 0.15) is 16.9 Å². The Morgan fingerprint density at radius 2 is 1.26 bits per heavy atom. The molecule has 3 aromatic carbocycles. The molecule has 5 rings (SSSR count). The number of hydrogen-bond donors (Lipinski definition) is 1. The molecule has 0 unspecified atom stereocenters. The second-order valence-corrected chi connectivity index (χ2v) is 14.9. The zero-order chi connectivity index (χ0) is 38.2. The van der Waals surface area contributed by atoms with Crippen LogP contribution in [0.2, 0.25) is 0 Å². The van der Waals surface area contributed by atoms with Crippen LogP contribution in [0.15, 0.2) is 72.9 Å². The maximum Gasteiger partial charge on any atom is 0.242 e. The van der Waals surface area contributed by atoms with Crippen molar-refractivity contribution in [1.29, 1.82) is 0 Å². The van der Waals surface area contributed by atoms with Gasteiger partial charge in [-0.2, -0.15) is 0 Å². The Labute approximate surface area is 323 Å². The topological polar surface area (TPSA) is 90.0 Å². The second kappa shape index (κ2) is 20.8. The van der Waals surface area contributed by atoms with E-state index >= 15 is 0 Å². The van der Waals surface area contributed by atoms with Gasteiger partial charge in [-0.05, 0) is 74.7 Å². The van der Waals surface area contributed by atoms with Crippen molar-refractivity contribution in [3.63, 3.8) is 0 Å². The minimum Gasteiger partial charge on any atom is -0.493 e. The number of carbonyl (C=O) groups is 2. The number of benzene rings is 3. The fraction of sp³-hybridized carbons (Fsp3) is 0.500. The first-order valence-electron chi connectivity index (χ1n) is 20.4. The van der Waals surface area contributed by atoms with Crippen molar-refractivity contribution in [3.8, 4) is 23.0 Å². The van der Waals surface area contributed by atoms with Crippen LogP contribution in [0.5, 0.6) is 23.0 Å². The highest BCUT2D eigenvalue weighted by Crippen LogP contribution is 2.49. The second-order valence-electron chi connectivity index (χ2n) is 14.9. The fourth-order valence-corrected chi connectivity index (χ4v) is 7.16. The summed E-state index contributed by atoms with van der Waals surface area (Å²) < 4.78 is 17.3. The lowest BCUT2D eigenvalue weighted by molar-refractivity contribution is -0.132. The average molecular weight is 736 g/mol. The van der Waals surface area contributed by atoms with E-state index in [1.807, 2.05) is 78.6 Å². The number of aryl methyl sites for hydroxylation is 1. The smallest absolute Gasteiger partial charge is 0.242 e. The Kier molecular flexibility index (Phi) is 15.6. The van der Waals surface area contributed by atoms with E-state index in [9.17, 15) is 9.59 Å². The minimum atomic E-state index is -1.05. The van der Waals surface area contributed by atoms with E-state index in [1.54, 1.807) is 20.4 Å². The molecule has 1 N–H and O–H groups in total. The number of rotatable bonds is 24. The summed E-state index contributed by atoms with van der Waals surface area (Å²) in [7, 11) is 3.20. The van der Waals surface area contributed by atoms with Gasteiger partial charge in [-0.25, -0.2) is 0 Å². The molecule has 54 heavy (non-hydrogen) atoms. The van der Waals surface area contributed by atoms with E-state index in [4.69, 9.17) is 14.2 Å². The van der Waals surface area contributed by atoms with E-state index in [2.05, 4.69) is 17.2 Å². The van der Waals surface area contributed by atoms with Gasteiger partial charge in [0.25, 0.3) is 0 Å². The maximum absolute atomic E-state index is 14.3. The Morgan fingerprint density at radius 3 is 1.81 bits per heavy atom. The van der Waals surface area contributed by atoms with Gasteiger partial charge >= 0.3 is 0 Å². The number of hydrogen-bond acceptors (Lipinski definition) is 6. The Bertz CT molecular complexity index is 1770. The quantitative estimate of drug-likeness (QED) is 0.0569. The zero-order valence-electron chi connectivity index (χ0n) is 33.1. The molecular weight excluding hydrogens is 675 g/mol. The molecule has 2 amide bonds. The minimum absolute atomic E-state index is 0.132. The van der Waals surface area contributed by atoms with Crippen LogP contribution in [0.25, 0.3) is 10.9 Å². The first-order chi connectivity index (χ1) is 26.4. The molecule has 0 radical (unpaired) electrons. The van der Waals surface area contributed by atoms with E-state index in [0.29, 0.717) is 48.1 Å². The van der Waals surface area contributed by atoms with Crippen molar-refractivity contribution in [2.75, 3.05) is 31.0 Å². The number of aromatic nitrogens is 1. The maximum atomic E-state index is 14.3. The van der Waals surface area contributed by atoms with Crippen LogP contribution >= 0.6 is 0 Å². The average Bonchev–Trinajstić information content (AvgIpc) is 4.01. The molecule has 290 valence electrons. The lowest BCUT2D eigenvalue weighted by atomic mass is 10.0. The van der Waals surface area contributed by atoms with Crippen LogP contribution in [0.4, 0.5) is 11.4 Å². The van der Waals surface area contributed by atoms with Gasteiger partial charge < -0.3 is 24.4 Å². The van der Waals surface area contributed by atoms with Crippen molar-refractivity contribution in [1.82, 2.24) is 4.98 Å². The molecule has 8 heteroatoms. The summed E-state index contributed by atoms with van der Waals surface area (Å²) in [6.07, 6.45) is 22.0. The van der Waals surface area contributed by atoms with Gasteiger partial charge in [-0.1, -0.05) is 115 Å². The summed E-state index contributed by atoms with van der Waals surface area (Å²) in [6, 6.07) is 20.8. The third-order valence-electron chi connectivity index (χ3n) is 10.7. The summed E-state index contributed by atoms with van der Waals surface area (Å²) >= 11 is 0. The molecule has 1 fully saturated rings. The van der Waals surface area contributed by atoms with E-state index in [1.165, 1.54) is 77.0 Å². The molecule has 0 bridgehead atoms. The molecule has 1 aliphatic carbocycles. The monoisotopic (exact) mass is 735 g/mol. The van der Waals surface area contributed by atoms with Gasteiger partial charge in [0.2, 0.25) is 11.8 Å². The van der Waals surface area contributed by atoms with Gasteiger partial charge in [-0.3, -0.25) is 14.6 Å². The molecule has 1 heterocycles. The number of carbonyl (C=O) groups excluding carboxylic acids is 2. The highest BCUT2D eigenvalue weighted by molar-refractivity contribution is 6.17. The number of pyridine rings is 1. The van der Waals surface area contributed by atoms with E-state index in [-0.39, 0.29) is 11.8 Å². The van der Waals surface area contributed by atoms with Crippen LogP contribution in [0, 0.1) is 12.3 Å². The highest BCUT2D eigenvalue weighted by Gasteiger charge is 2.58. The number of unbranched alkanes of at least 4 members (excludes halogenated alkanes) is 14. The number of nitrogens with one attached hydrogen (secondary N) is 1. The number of amides is 2. The lowest BCUT2D eigenvalue weighted by Crippen LogP contribution is -2.43. The van der Waals surface area contributed by atoms with Crippen LogP contribution in [-0.4, -0.2) is 37.6 Å². The Morgan fingerprint density at radius 1 is 0.704 bits per heavy atom. The van der Waals surface area contributed by atoms with E-state index in [0.717, 1.165) is 41.4 Å². The van der Waals surface area contributed by atoms with Gasteiger partial charge in [0, 0.05) is 35.6 Å².